The van der Waals surface area contributed by atoms with E-state index in [1.807, 2.05) is 53.9 Å². The molecular formula is C21H15BrN4O2S2. The molecule has 30 heavy (non-hydrogen) atoms. The zero-order valence-electron chi connectivity index (χ0n) is 15.5. The number of hydrazone groups is 1. The summed E-state index contributed by atoms with van der Waals surface area (Å²) in [5, 5.41) is 6.86. The minimum atomic E-state index is -0.280. The third-order valence-electron chi connectivity index (χ3n) is 4.09. The lowest BCUT2D eigenvalue weighted by Crippen LogP contribution is -2.24. The summed E-state index contributed by atoms with van der Waals surface area (Å²) in [6, 6.07) is 18.4. The Labute approximate surface area is 188 Å². The molecule has 4 aromatic rings. The van der Waals surface area contributed by atoms with Gasteiger partial charge >= 0.3 is 0 Å². The number of carbonyl (C=O) groups excluding carboxylic acids is 1. The first-order chi connectivity index (χ1) is 14.6. The van der Waals surface area contributed by atoms with Gasteiger partial charge in [0.25, 0.3) is 11.5 Å². The smallest absolute Gasteiger partial charge is 0.266 e. The molecule has 0 saturated carbocycles. The Morgan fingerprint density at radius 3 is 2.73 bits per heavy atom. The fraction of sp³-hybridized carbons (Fsp3) is 0.0476. The molecule has 0 saturated heterocycles. The number of nitrogens with one attached hydrogen (secondary N) is 1. The summed E-state index contributed by atoms with van der Waals surface area (Å²) in [7, 11) is 0. The number of hydrogen-bond donors (Lipinski definition) is 1. The van der Waals surface area contributed by atoms with Gasteiger partial charge in [0.15, 0.2) is 5.16 Å². The number of thiophene rings is 1. The maximum Gasteiger partial charge on any atom is 0.266 e. The van der Waals surface area contributed by atoms with Crippen LogP contribution >= 0.6 is 39.0 Å². The third-order valence-corrected chi connectivity index (χ3v) is 6.36. The Hall–Kier alpha value is -2.75. The number of benzene rings is 2. The van der Waals surface area contributed by atoms with Crippen LogP contribution in [0.3, 0.4) is 0 Å². The molecule has 1 N–H and O–H groups in total. The molecule has 0 aliphatic heterocycles. The average molecular weight is 499 g/mol. The van der Waals surface area contributed by atoms with Gasteiger partial charge in [0.05, 0.1) is 28.6 Å². The second-order valence-electron chi connectivity index (χ2n) is 6.13. The summed E-state index contributed by atoms with van der Waals surface area (Å²) in [6.07, 6.45) is 1.60. The number of fused-ring (bicyclic) bond motifs is 1. The van der Waals surface area contributed by atoms with Gasteiger partial charge in [-0.3, -0.25) is 14.2 Å². The molecule has 0 fully saturated rings. The van der Waals surface area contributed by atoms with Gasteiger partial charge in [-0.05, 0) is 47.8 Å². The topological polar surface area (TPSA) is 76.3 Å². The van der Waals surface area contributed by atoms with E-state index >= 15 is 0 Å². The Balaban J connectivity index is 1.60. The SMILES string of the molecule is O=C(CSc1nc2ccccc2c(=O)n1-c1ccc(Br)cc1)N/N=C\c1cccs1. The molecule has 0 aliphatic rings. The van der Waals surface area contributed by atoms with Gasteiger partial charge in [0.2, 0.25) is 0 Å². The summed E-state index contributed by atoms with van der Waals surface area (Å²) in [6.45, 7) is 0. The summed E-state index contributed by atoms with van der Waals surface area (Å²) in [5.74, 6) is -0.208. The number of halogens is 1. The standard InChI is InChI=1S/C21H15BrN4O2S2/c22-14-7-9-15(10-8-14)26-20(28)17-5-1-2-6-18(17)24-21(26)30-13-19(27)25-23-12-16-4-3-11-29-16/h1-12H,13H2,(H,25,27)/b23-12-. The van der Waals surface area contributed by atoms with E-state index in [0.717, 1.165) is 9.35 Å². The Morgan fingerprint density at radius 1 is 1.17 bits per heavy atom. The summed E-state index contributed by atoms with van der Waals surface area (Å²) in [5.41, 5.74) is 3.60. The van der Waals surface area contributed by atoms with Crippen LogP contribution in [0.2, 0.25) is 0 Å². The van der Waals surface area contributed by atoms with Crippen LogP contribution in [0.15, 0.2) is 85.6 Å². The lowest BCUT2D eigenvalue weighted by Gasteiger charge is -2.13. The summed E-state index contributed by atoms with van der Waals surface area (Å²) < 4.78 is 2.44. The zero-order valence-corrected chi connectivity index (χ0v) is 18.7. The zero-order chi connectivity index (χ0) is 20.9. The first-order valence-electron chi connectivity index (χ1n) is 8.88. The van der Waals surface area contributed by atoms with Gasteiger partial charge in [-0.2, -0.15) is 5.10 Å². The van der Waals surface area contributed by atoms with Crippen molar-refractivity contribution in [1.29, 1.82) is 0 Å². The molecule has 2 aromatic carbocycles. The maximum absolute atomic E-state index is 13.2. The van der Waals surface area contributed by atoms with E-state index in [1.54, 1.807) is 18.3 Å². The molecule has 0 atom stereocenters. The minimum Gasteiger partial charge on any atom is -0.272 e. The predicted octanol–water partition coefficient (Wildman–Crippen LogP) is 4.45. The fourth-order valence-corrected chi connectivity index (χ4v) is 4.38. The molecule has 150 valence electrons. The van der Waals surface area contributed by atoms with Crippen molar-refractivity contribution in [3.8, 4) is 5.69 Å². The average Bonchev–Trinajstić information content (AvgIpc) is 3.27. The van der Waals surface area contributed by atoms with Crippen molar-refractivity contribution in [1.82, 2.24) is 15.0 Å². The van der Waals surface area contributed by atoms with E-state index in [-0.39, 0.29) is 17.2 Å². The number of para-hydroxylation sites is 1. The highest BCUT2D eigenvalue weighted by atomic mass is 79.9. The monoisotopic (exact) mass is 498 g/mol. The van der Waals surface area contributed by atoms with E-state index in [2.05, 4.69) is 31.4 Å². The van der Waals surface area contributed by atoms with E-state index < -0.39 is 0 Å². The number of thioether (sulfide) groups is 1. The van der Waals surface area contributed by atoms with Crippen LogP contribution in [0, 0.1) is 0 Å². The number of aromatic nitrogens is 2. The lowest BCUT2D eigenvalue weighted by molar-refractivity contribution is -0.118. The molecule has 0 spiro atoms. The van der Waals surface area contributed by atoms with E-state index in [9.17, 15) is 9.59 Å². The highest BCUT2D eigenvalue weighted by Crippen LogP contribution is 2.22. The third kappa shape index (κ3) is 4.69. The van der Waals surface area contributed by atoms with Crippen molar-refractivity contribution in [2.24, 2.45) is 5.10 Å². The molecule has 0 bridgehead atoms. The van der Waals surface area contributed by atoms with Crippen molar-refractivity contribution in [2.45, 2.75) is 5.16 Å². The predicted molar refractivity (Wildman–Crippen MR) is 126 cm³/mol. The maximum atomic E-state index is 13.2. The van der Waals surface area contributed by atoms with Gasteiger partial charge in [0.1, 0.15) is 0 Å². The Kier molecular flexibility index (Phi) is 6.41. The van der Waals surface area contributed by atoms with Crippen molar-refractivity contribution < 1.29 is 4.79 Å². The molecule has 9 heteroatoms. The number of amides is 1. The van der Waals surface area contributed by atoms with E-state index in [0.29, 0.717) is 21.7 Å². The van der Waals surface area contributed by atoms with Gasteiger partial charge in [0, 0.05) is 9.35 Å². The Morgan fingerprint density at radius 2 is 1.97 bits per heavy atom. The largest absolute Gasteiger partial charge is 0.272 e. The van der Waals surface area contributed by atoms with Gasteiger partial charge in [-0.1, -0.05) is 45.9 Å². The number of rotatable bonds is 6. The van der Waals surface area contributed by atoms with Crippen LogP contribution in [0.25, 0.3) is 16.6 Å². The van der Waals surface area contributed by atoms with Crippen LogP contribution in [-0.4, -0.2) is 27.4 Å². The summed E-state index contributed by atoms with van der Waals surface area (Å²) >= 11 is 6.13. The highest BCUT2D eigenvalue weighted by molar-refractivity contribution is 9.10. The molecule has 0 radical (unpaired) electrons. The quantitative estimate of drug-likeness (QED) is 0.184. The van der Waals surface area contributed by atoms with Gasteiger partial charge in [-0.25, -0.2) is 10.4 Å². The first-order valence-corrected chi connectivity index (χ1v) is 11.5. The molecule has 2 aromatic heterocycles. The normalized spacial score (nSPS) is 11.2. The van der Waals surface area contributed by atoms with Gasteiger partial charge in [-0.15, -0.1) is 11.3 Å². The second kappa shape index (κ2) is 9.38. The lowest BCUT2D eigenvalue weighted by atomic mass is 10.2. The van der Waals surface area contributed by atoms with E-state index in [4.69, 9.17) is 0 Å². The van der Waals surface area contributed by atoms with Crippen molar-refractivity contribution >= 4 is 62.1 Å². The van der Waals surface area contributed by atoms with Crippen molar-refractivity contribution in [2.75, 3.05) is 5.75 Å². The number of nitrogens with zero attached hydrogens (tertiary/aromatic N) is 3. The number of hydrogen-bond acceptors (Lipinski definition) is 6. The fourth-order valence-electron chi connectivity index (χ4n) is 2.72. The molecule has 0 unspecified atom stereocenters. The first kappa shape index (κ1) is 20.5. The Bertz CT molecular complexity index is 1270. The summed E-state index contributed by atoms with van der Waals surface area (Å²) in [4.78, 5) is 31.0. The minimum absolute atomic E-state index is 0.0725. The van der Waals surface area contributed by atoms with Crippen LogP contribution in [-0.2, 0) is 4.79 Å². The van der Waals surface area contributed by atoms with Crippen molar-refractivity contribution in [3.63, 3.8) is 0 Å². The van der Waals surface area contributed by atoms with Gasteiger partial charge < -0.3 is 0 Å². The molecule has 2 heterocycles. The molecule has 0 aliphatic carbocycles. The molecule has 6 nitrogen and oxygen atoms in total. The van der Waals surface area contributed by atoms with Crippen LogP contribution in [0.1, 0.15) is 4.88 Å². The highest BCUT2D eigenvalue weighted by Gasteiger charge is 2.14. The van der Waals surface area contributed by atoms with Crippen LogP contribution in [0.4, 0.5) is 0 Å². The van der Waals surface area contributed by atoms with Crippen LogP contribution in [0.5, 0.6) is 0 Å². The molecular weight excluding hydrogens is 484 g/mol. The molecule has 4 rings (SSSR count). The van der Waals surface area contributed by atoms with Crippen LogP contribution < -0.4 is 11.0 Å². The molecule has 1 amide bonds. The van der Waals surface area contributed by atoms with E-state index in [1.165, 1.54) is 27.7 Å². The second-order valence-corrected chi connectivity index (χ2v) is 8.96. The number of carbonyl (C=O) groups is 1. The van der Waals surface area contributed by atoms with Crippen molar-refractivity contribution in [3.05, 3.63) is 85.7 Å².